The molecule has 18 heavy (non-hydrogen) atoms. The van der Waals surface area contributed by atoms with Crippen molar-refractivity contribution in [3.8, 4) is 0 Å². The van der Waals surface area contributed by atoms with E-state index in [1.165, 1.54) is 0 Å². The molecule has 1 rings (SSSR count). The Morgan fingerprint density at radius 2 is 2.00 bits per heavy atom. The molecule has 2 unspecified atom stereocenters. The third-order valence-electron chi connectivity index (χ3n) is 3.56. The highest BCUT2D eigenvalue weighted by molar-refractivity contribution is 5.81. The van der Waals surface area contributed by atoms with Crippen LogP contribution in [0.5, 0.6) is 0 Å². The maximum Gasteiger partial charge on any atom is 0.311 e. The van der Waals surface area contributed by atoms with Crippen LogP contribution in [0.2, 0.25) is 0 Å². The van der Waals surface area contributed by atoms with Crippen molar-refractivity contribution >= 4 is 11.9 Å². The Balaban J connectivity index is 2.52. The Kier molecular flexibility index (Phi) is 4.37. The van der Waals surface area contributed by atoms with Gasteiger partial charge >= 0.3 is 5.97 Å². The van der Waals surface area contributed by atoms with Crippen molar-refractivity contribution < 1.29 is 14.7 Å². The molecule has 0 bridgehead atoms. The van der Waals surface area contributed by atoms with Crippen LogP contribution in [0.3, 0.4) is 0 Å². The van der Waals surface area contributed by atoms with Crippen LogP contribution in [-0.4, -0.2) is 35.1 Å². The normalized spacial score (nSPS) is 28.1. The number of carbonyl (C=O) groups is 2. The second-order valence-corrected chi connectivity index (χ2v) is 6.34. The van der Waals surface area contributed by atoms with Crippen LogP contribution in [-0.2, 0) is 9.59 Å². The van der Waals surface area contributed by atoms with E-state index in [0.29, 0.717) is 6.42 Å². The largest absolute Gasteiger partial charge is 0.481 e. The minimum atomic E-state index is -0.825. The van der Waals surface area contributed by atoms with Crippen LogP contribution in [0.25, 0.3) is 0 Å². The summed E-state index contributed by atoms with van der Waals surface area (Å²) in [7, 11) is 0. The van der Waals surface area contributed by atoms with Crippen molar-refractivity contribution in [3.05, 3.63) is 0 Å². The van der Waals surface area contributed by atoms with Crippen molar-refractivity contribution in [2.45, 2.75) is 58.5 Å². The van der Waals surface area contributed by atoms with Crippen LogP contribution in [0, 0.1) is 5.41 Å². The molecule has 2 atom stereocenters. The molecule has 0 radical (unpaired) electrons. The van der Waals surface area contributed by atoms with Crippen LogP contribution < -0.4 is 10.6 Å². The Bertz CT molecular complexity index is 336. The van der Waals surface area contributed by atoms with Crippen molar-refractivity contribution in [1.29, 1.82) is 0 Å². The smallest absolute Gasteiger partial charge is 0.311 e. The standard InChI is InChI=1S/C13H24N2O3/c1-12(2,3)14-8-10(16)15-9-6-5-7-13(9,4)11(17)18/h9,14H,5-8H2,1-4H3,(H,15,16)(H,17,18). The average molecular weight is 256 g/mol. The number of nitrogens with one attached hydrogen (secondary N) is 2. The highest BCUT2D eigenvalue weighted by Crippen LogP contribution is 2.38. The fourth-order valence-electron chi connectivity index (χ4n) is 2.24. The summed E-state index contributed by atoms with van der Waals surface area (Å²) in [4.78, 5) is 23.1. The van der Waals surface area contributed by atoms with Crippen LogP contribution in [0.1, 0.15) is 47.0 Å². The fraction of sp³-hybridized carbons (Fsp3) is 0.846. The molecule has 104 valence electrons. The highest BCUT2D eigenvalue weighted by Gasteiger charge is 2.45. The van der Waals surface area contributed by atoms with E-state index in [9.17, 15) is 14.7 Å². The van der Waals surface area contributed by atoms with Gasteiger partial charge in [-0.3, -0.25) is 9.59 Å². The molecule has 5 heteroatoms. The summed E-state index contributed by atoms with van der Waals surface area (Å²) < 4.78 is 0. The molecule has 5 nitrogen and oxygen atoms in total. The zero-order valence-corrected chi connectivity index (χ0v) is 11.7. The molecule has 0 spiro atoms. The van der Waals surface area contributed by atoms with Gasteiger partial charge in [0.15, 0.2) is 0 Å². The lowest BCUT2D eigenvalue weighted by atomic mass is 9.85. The van der Waals surface area contributed by atoms with Gasteiger partial charge in [0.2, 0.25) is 5.91 Å². The molecule has 1 saturated carbocycles. The van der Waals surface area contributed by atoms with E-state index in [1.54, 1.807) is 6.92 Å². The van der Waals surface area contributed by atoms with Gasteiger partial charge in [-0.2, -0.15) is 0 Å². The molecule has 0 heterocycles. The molecular weight excluding hydrogens is 232 g/mol. The number of hydrogen-bond donors (Lipinski definition) is 3. The van der Waals surface area contributed by atoms with Crippen molar-refractivity contribution in [1.82, 2.24) is 10.6 Å². The van der Waals surface area contributed by atoms with E-state index in [2.05, 4.69) is 10.6 Å². The van der Waals surface area contributed by atoms with Crippen LogP contribution in [0.15, 0.2) is 0 Å². The van der Waals surface area contributed by atoms with Gasteiger partial charge in [-0.15, -0.1) is 0 Å². The predicted molar refractivity (Wildman–Crippen MR) is 69.3 cm³/mol. The first kappa shape index (κ1) is 15.0. The topological polar surface area (TPSA) is 78.4 Å². The Hall–Kier alpha value is -1.10. The molecule has 1 amide bonds. The van der Waals surface area contributed by atoms with Gasteiger partial charge in [-0.05, 0) is 40.5 Å². The van der Waals surface area contributed by atoms with Gasteiger partial charge in [0.25, 0.3) is 0 Å². The maximum absolute atomic E-state index is 11.8. The number of carboxylic acid groups (broad SMARTS) is 1. The lowest BCUT2D eigenvalue weighted by molar-refractivity contribution is -0.149. The van der Waals surface area contributed by atoms with Gasteiger partial charge in [-0.1, -0.05) is 6.42 Å². The lowest BCUT2D eigenvalue weighted by Crippen LogP contribution is -2.51. The van der Waals surface area contributed by atoms with Gasteiger partial charge in [0.1, 0.15) is 0 Å². The SMILES string of the molecule is CC(C)(C)NCC(=O)NC1CCCC1(C)C(=O)O. The monoisotopic (exact) mass is 256 g/mol. The van der Waals surface area contributed by atoms with Gasteiger partial charge in [-0.25, -0.2) is 0 Å². The van der Waals surface area contributed by atoms with E-state index in [4.69, 9.17) is 0 Å². The molecular formula is C13H24N2O3. The number of carbonyl (C=O) groups excluding carboxylic acids is 1. The second kappa shape index (κ2) is 5.26. The number of amides is 1. The van der Waals surface area contributed by atoms with Crippen molar-refractivity contribution in [2.24, 2.45) is 5.41 Å². The summed E-state index contributed by atoms with van der Waals surface area (Å²) in [6.07, 6.45) is 2.21. The summed E-state index contributed by atoms with van der Waals surface area (Å²) in [6.45, 7) is 7.88. The maximum atomic E-state index is 11.8. The van der Waals surface area contributed by atoms with E-state index in [-0.39, 0.29) is 24.0 Å². The van der Waals surface area contributed by atoms with E-state index >= 15 is 0 Å². The summed E-state index contributed by atoms with van der Waals surface area (Å²) in [5.74, 6) is -0.960. The average Bonchev–Trinajstić information content (AvgIpc) is 2.58. The van der Waals surface area contributed by atoms with Crippen molar-refractivity contribution in [3.63, 3.8) is 0 Å². The van der Waals surface area contributed by atoms with Crippen LogP contribution in [0.4, 0.5) is 0 Å². The number of aliphatic carboxylic acids is 1. The number of carboxylic acids is 1. The molecule has 0 aliphatic heterocycles. The molecule has 0 aromatic rings. The number of hydrogen-bond acceptors (Lipinski definition) is 3. The lowest BCUT2D eigenvalue weighted by Gasteiger charge is -2.28. The summed E-state index contributed by atoms with van der Waals surface area (Å²) in [6, 6.07) is -0.260. The molecule has 3 N–H and O–H groups in total. The Morgan fingerprint density at radius 3 is 2.50 bits per heavy atom. The molecule has 0 aromatic carbocycles. The Morgan fingerprint density at radius 1 is 1.39 bits per heavy atom. The zero-order chi connectivity index (χ0) is 14.0. The van der Waals surface area contributed by atoms with Gasteiger partial charge in [0.05, 0.1) is 12.0 Å². The fourth-order valence-corrected chi connectivity index (χ4v) is 2.24. The first-order valence-corrected chi connectivity index (χ1v) is 6.43. The van der Waals surface area contributed by atoms with Crippen LogP contribution >= 0.6 is 0 Å². The second-order valence-electron chi connectivity index (χ2n) is 6.34. The number of rotatable bonds is 4. The minimum absolute atomic E-state index is 0.122. The van der Waals surface area contributed by atoms with Crippen molar-refractivity contribution in [2.75, 3.05) is 6.54 Å². The third kappa shape index (κ3) is 3.70. The van der Waals surface area contributed by atoms with E-state index in [0.717, 1.165) is 12.8 Å². The molecule has 0 aromatic heterocycles. The molecule has 1 aliphatic rings. The quantitative estimate of drug-likeness (QED) is 0.704. The van der Waals surface area contributed by atoms with E-state index < -0.39 is 11.4 Å². The molecule has 0 saturated heterocycles. The summed E-state index contributed by atoms with van der Waals surface area (Å²) >= 11 is 0. The summed E-state index contributed by atoms with van der Waals surface area (Å²) in [5, 5.41) is 15.2. The minimum Gasteiger partial charge on any atom is -0.481 e. The Labute approximate surface area is 108 Å². The van der Waals surface area contributed by atoms with Gasteiger partial charge in [0, 0.05) is 11.6 Å². The first-order chi connectivity index (χ1) is 8.15. The predicted octanol–water partition coefficient (Wildman–Crippen LogP) is 1.13. The first-order valence-electron chi connectivity index (χ1n) is 6.43. The van der Waals surface area contributed by atoms with E-state index in [1.807, 2.05) is 20.8 Å². The molecule has 1 aliphatic carbocycles. The third-order valence-corrected chi connectivity index (χ3v) is 3.56. The van der Waals surface area contributed by atoms with Gasteiger partial charge < -0.3 is 15.7 Å². The highest BCUT2D eigenvalue weighted by atomic mass is 16.4. The molecule has 1 fully saturated rings. The zero-order valence-electron chi connectivity index (χ0n) is 11.7. The summed E-state index contributed by atoms with van der Waals surface area (Å²) in [5.41, 5.74) is -0.944.